The lowest BCUT2D eigenvalue weighted by Crippen LogP contribution is -2.14. The van der Waals surface area contributed by atoms with Crippen molar-refractivity contribution in [1.29, 1.82) is 0 Å². The monoisotopic (exact) mass is 254 g/mol. The molecule has 2 aromatic rings. The molecule has 2 rings (SSSR count). The summed E-state index contributed by atoms with van der Waals surface area (Å²) in [5, 5.41) is 0.210. The number of pyridine rings is 1. The maximum Gasteiger partial charge on any atom is 0.141 e. The molecule has 17 heavy (non-hydrogen) atoms. The Morgan fingerprint density at radius 2 is 2.00 bits per heavy atom. The second-order valence-electron chi connectivity index (χ2n) is 3.55. The molecule has 2 nitrogen and oxygen atoms in total. The van der Waals surface area contributed by atoms with Crippen LogP contribution in [0.4, 0.5) is 8.78 Å². The van der Waals surface area contributed by atoms with Gasteiger partial charge in [-0.2, -0.15) is 0 Å². The summed E-state index contributed by atoms with van der Waals surface area (Å²) in [6.45, 7) is 0. The summed E-state index contributed by atoms with van der Waals surface area (Å²) >= 11 is 5.88. The van der Waals surface area contributed by atoms with Gasteiger partial charge in [-0.1, -0.05) is 17.7 Å². The number of aromatic nitrogens is 1. The number of benzene rings is 1. The van der Waals surface area contributed by atoms with E-state index in [2.05, 4.69) is 4.98 Å². The average Bonchev–Trinajstić information content (AvgIpc) is 2.28. The molecule has 0 aliphatic heterocycles. The molecule has 1 heterocycles. The topological polar surface area (TPSA) is 38.9 Å². The van der Waals surface area contributed by atoms with Crippen LogP contribution in [0.15, 0.2) is 36.7 Å². The van der Waals surface area contributed by atoms with Crippen LogP contribution in [0.3, 0.4) is 0 Å². The summed E-state index contributed by atoms with van der Waals surface area (Å²) in [4.78, 5) is 3.67. The zero-order valence-corrected chi connectivity index (χ0v) is 9.46. The highest BCUT2D eigenvalue weighted by molar-refractivity contribution is 6.31. The van der Waals surface area contributed by atoms with E-state index in [9.17, 15) is 8.78 Å². The van der Waals surface area contributed by atoms with Crippen molar-refractivity contribution in [3.8, 4) is 0 Å². The third-order valence-electron chi connectivity index (χ3n) is 2.40. The third-order valence-corrected chi connectivity index (χ3v) is 2.73. The van der Waals surface area contributed by atoms with Gasteiger partial charge in [-0.3, -0.25) is 4.98 Å². The van der Waals surface area contributed by atoms with Crippen LogP contribution in [0.5, 0.6) is 0 Å². The van der Waals surface area contributed by atoms with Crippen LogP contribution < -0.4 is 5.73 Å². The van der Waals surface area contributed by atoms with Gasteiger partial charge in [0.05, 0.1) is 12.2 Å². The van der Waals surface area contributed by atoms with Crippen LogP contribution in [-0.4, -0.2) is 4.98 Å². The smallest absolute Gasteiger partial charge is 0.141 e. The zero-order chi connectivity index (χ0) is 12.4. The Morgan fingerprint density at radius 1 is 1.24 bits per heavy atom. The fourth-order valence-electron chi connectivity index (χ4n) is 1.57. The summed E-state index contributed by atoms with van der Waals surface area (Å²) in [6.07, 6.45) is 2.44. The predicted octanol–water partition coefficient (Wildman–Crippen LogP) is 3.06. The van der Waals surface area contributed by atoms with E-state index in [-0.39, 0.29) is 10.6 Å². The summed E-state index contributed by atoms with van der Waals surface area (Å²) < 4.78 is 26.6. The fourth-order valence-corrected chi connectivity index (χ4v) is 1.85. The van der Waals surface area contributed by atoms with E-state index < -0.39 is 17.7 Å². The Balaban J connectivity index is 2.47. The second-order valence-corrected chi connectivity index (χ2v) is 3.96. The van der Waals surface area contributed by atoms with Crippen molar-refractivity contribution in [3.63, 3.8) is 0 Å². The maximum atomic E-state index is 13.6. The van der Waals surface area contributed by atoms with Crippen molar-refractivity contribution in [3.05, 3.63) is 64.4 Å². The minimum Gasteiger partial charge on any atom is -0.320 e. The Bertz CT molecular complexity index is 526. The molecular formula is C12H9ClF2N2. The van der Waals surface area contributed by atoms with Crippen LogP contribution in [0.2, 0.25) is 5.02 Å². The Hall–Kier alpha value is -1.52. The van der Waals surface area contributed by atoms with E-state index in [0.717, 1.165) is 6.20 Å². The average molecular weight is 255 g/mol. The number of rotatable bonds is 2. The predicted molar refractivity (Wildman–Crippen MR) is 61.6 cm³/mol. The molecule has 1 unspecified atom stereocenters. The minimum atomic E-state index is -0.841. The van der Waals surface area contributed by atoms with Crippen molar-refractivity contribution < 1.29 is 8.78 Å². The van der Waals surface area contributed by atoms with Gasteiger partial charge < -0.3 is 5.73 Å². The lowest BCUT2D eigenvalue weighted by molar-refractivity contribution is 0.593. The Morgan fingerprint density at radius 3 is 2.65 bits per heavy atom. The second kappa shape index (κ2) is 4.77. The number of halogens is 3. The highest BCUT2D eigenvalue weighted by atomic mass is 35.5. The van der Waals surface area contributed by atoms with E-state index in [4.69, 9.17) is 17.3 Å². The largest absolute Gasteiger partial charge is 0.320 e. The first-order valence-electron chi connectivity index (χ1n) is 4.89. The maximum absolute atomic E-state index is 13.6. The van der Waals surface area contributed by atoms with E-state index in [1.165, 1.54) is 30.5 Å². The molecule has 1 aromatic carbocycles. The first kappa shape index (κ1) is 12.0. The highest BCUT2D eigenvalue weighted by Crippen LogP contribution is 2.28. The standard InChI is InChI=1S/C12H9ClF2N2/c13-9-2-1-3-10(15)11(9)12(16)7-4-8(14)6-17-5-7/h1-6,12H,16H2. The molecule has 88 valence electrons. The van der Waals surface area contributed by atoms with Crippen LogP contribution >= 0.6 is 11.6 Å². The minimum absolute atomic E-state index is 0.140. The third kappa shape index (κ3) is 2.43. The van der Waals surface area contributed by atoms with Crippen molar-refractivity contribution in [2.75, 3.05) is 0 Å². The highest BCUT2D eigenvalue weighted by Gasteiger charge is 2.17. The summed E-state index contributed by atoms with van der Waals surface area (Å²) in [7, 11) is 0. The molecule has 0 bridgehead atoms. The van der Waals surface area contributed by atoms with Gasteiger partial charge in [0.1, 0.15) is 11.6 Å². The molecule has 0 amide bonds. The molecule has 0 fully saturated rings. The SMILES string of the molecule is NC(c1cncc(F)c1)c1c(F)cccc1Cl. The first-order chi connectivity index (χ1) is 8.09. The summed E-state index contributed by atoms with van der Waals surface area (Å²) in [5.41, 5.74) is 6.37. The molecular weight excluding hydrogens is 246 g/mol. The lowest BCUT2D eigenvalue weighted by atomic mass is 10.0. The quantitative estimate of drug-likeness (QED) is 0.895. The molecule has 0 aliphatic rings. The summed E-state index contributed by atoms with van der Waals surface area (Å²) in [6, 6.07) is 4.64. The zero-order valence-electron chi connectivity index (χ0n) is 8.70. The Labute approximate surface area is 102 Å². The molecule has 2 N–H and O–H groups in total. The Kier molecular flexibility index (Phi) is 3.36. The number of hydrogen-bond donors (Lipinski definition) is 1. The van der Waals surface area contributed by atoms with Crippen LogP contribution in [-0.2, 0) is 0 Å². The van der Waals surface area contributed by atoms with Crippen LogP contribution in [0.25, 0.3) is 0 Å². The number of hydrogen-bond acceptors (Lipinski definition) is 2. The van der Waals surface area contributed by atoms with Crippen LogP contribution in [0.1, 0.15) is 17.2 Å². The first-order valence-corrected chi connectivity index (χ1v) is 5.27. The molecule has 1 aromatic heterocycles. The van der Waals surface area contributed by atoms with Gasteiger partial charge in [-0.25, -0.2) is 8.78 Å². The summed E-state index contributed by atoms with van der Waals surface area (Å²) in [5.74, 6) is -1.04. The molecule has 0 spiro atoms. The molecule has 5 heteroatoms. The number of nitrogens with two attached hydrogens (primary N) is 1. The van der Waals surface area contributed by atoms with Gasteiger partial charge >= 0.3 is 0 Å². The van der Waals surface area contributed by atoms with Crippen molar-refractivity contribution >= 4 is 11.6 Å². The van der Waals surface area contributed by atoms with E-state index in [1.54, 1.807) is 0 Å². The number of nitrogens with zero attached hydrogens (tertiary/aromatic N) is 1. The molecule has 0 radical (unpaired) electrons. The van der Waals surface area contributed by atoms with E-state index in [0.29, 0.717) is 5.56 Å². The molecule has 0 aliphatic carbocycles. The van der Waals surface area contributed by atoms with Gasteiger partial charge in [0.25, 0.3) is 0 Å². The van der Waals surface area contributed by atoms with Crippen molar-refractivity contribution in [2.24, 2.45) is 5.73 Å². The van der Waals surface area contributed by atoms with Crippen LogP contribution in [0, 0.1) is 11.6 Å². The fraction of sp³-hybridized carbons (Fsp3) is 0.0833. The van der Waals surface area contributed by atoms with Gasteiger partial charge in [-0.15, -0.1) is 0 Å². The van der Waals surface area contributed by atoms with Gasteiger partial charge in [0.15, 0.2) is 0 Å². The normalized spacial score (nSPS) is 12.5. The van der Waals surface area contributed by atoms with Gasteiger partial charge in [-0.05, 0) is 23.8 Å². The van der Waals surface area contributed by atoms with E-state index in [1.807, 2.05) is 0 Å². The van der Waals surface area contributed by atoms with Gasteiger partial charge in [0, 0.05) is 16.8 Å². The van der Waals surface area contributed by atoms with Crippen molar-refractivity contribution in [1.82, 2.24) is 4.98 Å². The molecule has 1 atom stereocenters. The molecule has 0 saturated heterocycles. The lowest BCUT2D eigenvalue weighted by Gasteiger charge is -2.14. The van der Waals surface area contributed by atoms with E-state index >= 15 is 0 Å². The molecule has 0 saturated carbocycles. The van der Waals surface area contributed by atoms with Gasteiger partial charge in [0.2, 0.25) is 0 Å². The van der Waals surface area contributed by atoms with Crippen molar-refractivity contribution in [2.45, 2.75) is 6.04 Å².